The Morgan fingerprint density at radius 1 is 1.16 bits per heavy atom. The first-order valence-corrected chi connectivity index (χ1v) is 15.1. The first kappa shape index (κ1) is 30.7. The van der Waals surface area contributed by atoms with Crippen LogP contribution in [-0.2, 0) is 22.3 Å². The zero-order valence-electron chi connectivity index (χ0n) is 22.5. The van der Waals surface area contributed by atoms with Gasteiger partial charge in [-0.1, -0.05) is 29.3 Å². The van der Waals surface area contributed by atoms with Crippen molar-refractivity contribution in [1.82, 2.24) is 24.5 Å². The van der Waals surface area contributed by atoms with Crippen molar-refractivity contribution in [3.8, 4) is 0 Å². The van der Waals surface area contributed by atoms with Gasteiger partial charge in [0.2, 0.25) is 0 Å². The Morgan fingerprint density at radius 3 is 2.50 bits per heavy atom. The number of nitrogens with zero attached hydrogens (tertiary/aromatic N) is 4. The van der Waals surface area contributed by atoms with Crippen LogP contribution < -0.4 is 10.0 Å². The van der Waals surface area contributed by atoms with Gasteiger partial charge in [0.05, 0.1) is 27.1 Å². The number of piperidine rings is 2. The molecule has 12 heteroatoms. The molecule has 1 amide bonds. The first-order chi connectivity index (χ1) is 18.2. The number of carbonyl (C=O) groups is 1. The van der Waals surface area contributed by atoms with Crippen LogP contribution in [0.1, 0.15) is 47.3 Å². The van der Waals surface area contributed by atoms with E-state index in [1.54, 1.807) is 26.5 Å². The van der Waals surface area contributed by atoms with E-state index in [0.29, 0.717) is 40.2 Å². The summed E-state index contributed by atoms with van der Waals surface area (Å²) in [6.45, 7) is 6.01. The standard InChI is InChI=1S/C24H31Cl2N5O2.C2H7NOS/c1-16-22(28-15-29-23(16)27-13-17-5-6-20(25)21(26)12-17)24(32)30-10-7-18(8-11-30)31-9-3-4-19(14-31)33-2;1-3-5(2)4/h5-6,12,15,18-19H,3-4,7-11,13-14H2,1-2H3,(H,27,28,29);3H,1-2H3. The molecule has 9 nitrogen and oxygen atoms in total. The van der Waals surface area contributed by atoms with Crippen LogP contribution in [0.5, 0.6) is 0 Å². The number of benzene rings is 1. The summed E-state index contributed by atoms with van der Waals surface area (Å²) in [6, 6.07) is 6.01. The summed E-state index contributed by atoms with van der Waals surface area (Å²) in [7, 11) is 2.63. The van der Waals surface area contributed by atoms with E-state index in [2.05, 4.69) is 24.9 Å². The molecule has 0 aliphatic carbocycles. The number of carbonyl (C=O) groups excluding carboxylic acids is 1. The largest absolute Gasteiger partial charge is 0.380 e. The third kappa shape index (κ3) is 8.59. The number of amides is 1. The van der Waals surface area contributed by atoms with E-state index in [1.165, 1.54) is 12.7 Å². The smallest absolute Gasteiger partial charge is 0.272 e. The number of halogens is 2. The molecule has 2 N–H and O–H groups in total. The summed E-state index contributed by atoms with van der Waals surface area (Å²) < 4.78 is 17.9. The highest BCUT2D eigenvalue weighted by Gasteiger charge is 2.31. The molecule has 2 unspecified atom stereocenters. The number of methoxy groups -OCH3 is 1. The molecular formula is C26H38Cl2N6O3S. The van der Waals surface area contributed by atoms with Gasteiger partial charge in [-0.25, -0.2) is 18.9 Å². The quantitative estimate of drug-likeness (QED) is 0.508. The molecule has 2 aliphatic rings. The van der Waals surface area contributed by atoms with Crippen LogP contribution in [0.15, 0.2) is 24.5 Å². The number of hydrogen-bond acceptors (Lipinski definition) is 7. The molecule has 38 heavy (non-hydrogen) atoms. The van der Waals surface area contributed by atoms with E-state index >= 15 is 0 Å². The molecule has 3 heterocycles. The van der Waals surface area contributed by atoms with E-state index < -0.39 is 11.0 Å². The maximum Gasteiger partial charge on any atom is 0.272 e. The molecule has 2 atom stereocenters. The van der Waals surface area contributed by atoms with E-state index in [4.69, 9.17) is 27.9 Å². The second-order valence-electron chi connectivity index (χ2n) is 9.47. The topological polar surface area (TPSA) is 99.7 Å². The van der Waals surface area contributed by atoms with E-state index in [9.17, 15) is 9.00 Å². The molecule has 0 bridgehead atoms. The fraction of sp³-hybridized carbons (Fsp3) is 0.577. The van der Waals surface area contributed by atoms with Crippen molar-refractivity contribution < 1.29 is 13.7 Å². The van der Waals surface area contributed by atoms with Crippen LogP contribution in [-0.4, -0.2) is 88.6 Å². The summed E-state index contributed by atoms with van der Waals surface area (Å²) in [5.41, 5.74) is 2.19. The Hall–Kier alpha value is -1.82. The molecule has 2 fully saturated rings. The number of ether oxygens (including phenoxy) is 1. The second-order valence-corrected chi connectivity index (χ2v) is 11.6. The molecule has 0 radical (unpaired) electrons. The Labute approximate surface area is 238 Å². The molecule has 1 aromatic carbocycles. The summed E-state index contributed by atoms with van der Waals surface area (Å²) in [5.74, 6) is 0.618. The van der Waals surface area contributed by atoms with Crippen molar-refractivity contribution >= 4 is 45.9 Å². The van der Waals surface area contributed by atoms with E-state index in [1.807, 2.05) is 24.0 Å². The van der Waals surface area contributed by atoms with Crippen LogP contribution in [0.4, 0.5) is 5.82 Å². The normalized spacial score (nSPS) is 19.4. The van der Waals surface area contributed by atoms with Crippen molar-refractivity contribution in [2.45, 2.75) is 51.3 Å². The molecule has 2 aliphatic heterocycles. The van der Waals surface area contributed by atoms with Gasteiger partial charge in [-0.15, -0.1) is 0 Å². The Balaban J connectivity index is 0.000000732. The van der Waals surface area contributed by atoms with Crippen molar-refractivity contribution in [2.24, 2.45) is 0 Å². The van der Waals surface area contributed by atoms with Crippen molar-refractivity contribution in [2.75, 3.05) is 51.9 Å². The van der Waals surface area contributed by atoms with Gasteiger partial charge in [0, 0.05) is 51.1 Å². The van der Waals surface area contributed by atoms with Gasteiger partial charge in [0.1, 0.15) is 17.8 Å². The van der Waals surface area contributed by atoms with Crippen molar-refractivity contribution in [3.05, 3.63) is 51.4 Å². The predicted octanol–water partition coefficient (Wildman–Crippen LogP) is 3.92. The minimum atomic E-state index is -0.823. The fourth-order valence-corrected chi connectivity index (χ4v) is 5.07. The highest BCUT2D eigenvalue weighted by atomic mass is 35.5. The number of anilines is 1. The monoisotopic (exact) mass is 584 g/mol. The lowest BCUT2D eigenvalue weighted by molar-refractivity contribution is 0.00163. The SMILES string of the molecule is CNS(C)=O.COC1CCCN(C2CCN(C(=O)c3ncnc(NCc4ccc(Cl)c(Cl)c4)c3C)CC2)C1. The molecule has 210 valence electrons. The van der Waals surface area contributed by atoms with E-state index in [0.717, 1.165) is 56.6 Å². The molecule has 0 saturated carbocycles. The van der Waals surface area contributed by atoms with Crippen molar-refractivity contribution in [1.29, 1.82) is 0 Å². The third-order valence-corrected chi connectivity index (χ3v) is 8.34. The van der Waals surface area contributed by atoms with Gasteiger partial charge < -0.3 is 15.0 Å². The predicted molar refractivity (Wildman–Crippen MR) is 154 cm³/mol. The number of likely N-dealkylation sites (tertiary alicyclic amines) is 2. The highest BCUT2D eigenvalue weighted by molar-refractivity contribution is 7.82. The molecule has 2 aromatic rings. The molecular weight excluding hydrogens is 547 g/mol. The van der Waals surface area contributed by atoms with Gasteiger partial charge in [0.25, 0.3) is 5.91 Å². The van der Waals surface area contributed by atoms with Gasteiger partial charge in [-0.2, -0.15) is 0 Å². The van der Waals surface area contributed by atoms with Crippen LogP contribution in [0.25, 0.3) is 0 Å². The minimum Gasteiger partial charge on any atom is -0.380 e. The van der Waals surface area contributed by atoms with Gasteiger partial charge in [0.15, 0.2) is 0 Å². The Bertz CT molecular complexity index is 1100. The lowest BCUT2D eigenvalue weighted by atomic mass is 9.98. The number of nitrogens with one attached hydrogen (secondary N) is 2. The summed E-state index contributed by atoms with van der Waals surface area (Å²) in [6.07, 6.45) is 7.64. The summed E-state index contributed by atoms with van der Waals surface area (Å²) >= 11 is 12.1. The Morgan fingerprint density at radius 2 is 1.87 bits per heavy atom. The van der Waals surface area contributed by atoms with Gasteiger partial charge in [-0.3, -0.25) is 9.69 Å². The molecule has 1 aromatic heterocycles. The third-order valence-electron chi connectivity index (χ3n) is 7.03. The molecule has 4 rings (SSSR count). The fourth-order valence-electron chi connectivity index (χ4n) is 4.75. The zero-order valence-corrected chi connectivity index (χ0v) is 24.8. The lowest BCUT2D eigenvalue weighted by Gasteiger charge is -2.42. The van der Waals surface area contributed by atoms with Crippen LogP contribution in [0, 0.1) is 6.92 Å². The highest BCUT2D eigenvalue weighted by Crippen LogP contribution is 2.25. The van der Waals surface area contributed by atoms with Gasteiger partial charge in [-0.05, 0) is 63.9 Å². The summed E-state index contributed by atoms with van der Waals surface area (Å²) in [4.78, 5) is 26.4. The zero-order chi connectivity index (χ0) is 27.7. The molecule has 2 saturated heterocycles. The number of rotatable bonds is 7. The first-order valence-electron chi connectivity index (χ1n) is 12.8. The molecule has 0 spiro atoms. The second kappa shape index (κ2) is 15.1. The number of aromatic nitrogens is 2. The van der Waals surface area contributed by atoms with Gasteiger partial charge >= 0.3 is 0 Å². The maximum absolute atomic E-state index is 13.3. The average Bonchev–Trinajstić information content (AvgIpc) is 2.94. The van der Waals surface area contributed by atoms with E-state index in [-0.39, 0.29) is 5.91 Å². The minimum absolute atomic E-state index is 0.0284. The van der Waals surface area contributed by atoms with Crippen LogP contribution in [0.2, 0.25) is 10.0 Å². The van der Waals surface area contributed by atoms with Crippen molar-refractivity contribution in [3.63, 3.8) is 0 Å². The summed E-state index contributed by atoms with van der Waals surface area (Å²) in [5, 5.41) is 4.33. The maximum atomic E-state index is 13.3. The average molecular weight is 586 g/mol. The van der Waals surface area contributed by atoms with Crippen LogP contribution >= 0.6 is 23.2 Å². The Kier molecular flexibility index (Phi) is 12.2. The number of hydrogen-bond donors (Lipinski definition) is 2. The lowest BCUT2D eigenvalue weighted by Crippen LogP contribution is -2.51. The van der Waals surface area contributed by atoms with Crippen LogP contribution in [0.3, 0.4) is 0 Å².